The number of hydrogen-bond donors (Lipinski definition) is 2. The summed E-state index contributed by atoms with van der Waals surface area (Å²) in [5.41, 5.74) is 0.576. The van der Waals surface area contributed by atoms with Crippen LogP contribution in [0.3, 0.4) is 0 Å². The van der Waals surface area contributed by atoms with Crippen molar-refractivity contribution >= 4 is 33.4 Å². The van der Waals surface area contributed by atoms with Crippen LogP contribution in [0.15, 0.2) is 88.8 Å². The Morgan fingerprint density at radius 1 is 0.900 bits per heavy atom. The number of carbonyl (C=O) groups is 1. The van der Waals surface area contributed by atoms with Crippen molar-refractivity contribution in [3.63, 3.8) is 0 Å². The summed E-state index contributed by atoms with van der Waals surface area (Å²) < 4.78 is 47.7. The molecule has 0 unspecified atom stereocenters. The number of anilines is 1. The molecule has 0 saturated heterocycles. The van der Waals surface area contributed by atoms with Gasteiger partial charge in [-0.25, -0.2) is 17.8 Å². The Hall–Kier alpha value is -1.51. The molecular weight excluding hydrogens is 530 g/mol. The van der Waals surface area contributed by atoms with Gasteiger partial charge in [0.2, 0.25) is 5.96 Å². The minimum absolute atomic E-state index is 0. The van der Waals surface area contributed by atoms with Crippen LogP contribution in [-0.2, 0) is 10.1 Å². The number of nitrogens with zero attached hydrogens (tertiary/aromatic N) is 1. The van der Waals surface area contributed by atoms with Crippen molar-refractivity contribution in [3.8, 4) is 0 Å². The molecule has 0 radical (unpaired) electrons. The molecule has 0 atom stereocenters. The molecule has 1 amide bonds. The van der Waals surface area contributed by atoms with E-state index in [0.29, 0.717) is 11.3 Å². The average molecular weight is 545 g/mol. The minimum Gasteiger partial charge on any atom is -0.744 e. The zero-order chi connectivity index (χ0) is 20.9. The standard InChI is InChI=1S/C20H16FN3O4S.Cs/c21-15-10-12-16(13-11-15)22-20(24-19(25)14-6-2-1-3-7-14)23-17-8-4-5-9-18(17)29(26,27)28;/h1-13H,(H,26,27,28)(H2,22,23,24,25);/q;+1/p-1. The monoisotopic (exact) mass is 545 g/mol. The third kappa shape index (κ3) is 7.03. The first-order chi connectivity index (χ1) is 13.8. The first-order valence-corrected chi connectivity index (χ1v) is 9.76. The zero-order valence-corrected chi connectivity index (χ0v) is 23.0. The number of halogens is 1. The first-order valence-electron chi connectivity index (χ1n) is 8.35. The van der Waals surface area contributed by atoms with Crippen LogP contribution < -0.4 is 79.5 Å². The number of aliphatic imine (C=N–C) groups is 1. The van der Waals surface area contributed by atoms with E-state index in [1.165, 1.54) is 42.5 Å². The Bertz CT molecular complexity index is 1150. The molecule has 0 fully saturated rings. The maximum atomic E-state index is 13.2. The fraction of sp³-hybridized carbons (Fsp3) is 0. The van der Waals surface area contributed by atoms with Crippen LogP contribution in [0.25, 0.3) is 0 Å². The topological polar surface area (TPSA) is 111 Å². The smallest absolute Gasteiger partial charge is 0.744 e. The maximum Gasteiger partial charge on any atom is 1.00 e. The van der Waals surface area contributed by atoms with Gasteiger partial charge in [0, 0.05) is 11.3 Å². The van der Waals surface area contributed by atoms with Gasteiger partial charge in [0.05, 0.1) is 10.6 Å². The molecule has 0 aliphatic rings. The van der Waals surface area contributed by atoms with Crippen molar-refractivity contribution in [2.24, 2.45) is 4.99 Å². The van der Waals surface area contributed by atoms with Gasteiger partial charge in [-0.3, -0.25) is 10.1 Å². The number of amides is 1. The molecule has 3 aromatic rings. The van der Waals surface area contributed by atoms with Gasteiger partial charge in [-0.15, -0.1) is 0 Å². The van der Waals surface area contributed by atoms with E-state index in [1.807, 2.05) is 0 Å². The molecule has 3 aromatic carbocycles. The molecule has 0 aliphatic carbocycles. The second-order valence-electron chi connectivity index (χ2n) is 5.83. The normalized spacial score (nSPS) is 11.3. The molecule has 0 heterocycles. The summed E-state index contributed by atoms with van der Waals surface area (Å²) >= 11 is 0. The Balaban J connectivity index is 0.00000320. The van der Waals surface area contributed by atoms with E-state index in [0.717, 1.165) is 6.07 Å². The van der Waals surface area contributed by atoms with Crippen molar-refractivity contribution in [2.75, 3.05) is 5.32 Å². The fourth-order valence-corrected chi connectivity index (χ4v) is 3.02. The third-order valence-electron chi connectivity index (χ3n) is 3.74. The molecule has 0 aromatic heterocycles. The number of carbonyl (C=O) groups excluding carboxylic acids is 1. The van der Waals surface area contributed by atoms with Gasteiger partial charge >= 0.3 is 68.9 Å². The molecule has 3 rings (SSSR count). The van der Waals surface area contributed by atoms with Gasteiger partial charge in [0.1, 0.15) is 15.9 Å². The predicted molar refractivity (Wildman–Crippen MR) is 105 cm³/mol. The molecule has 0 spiro atoms. The van der Waals surface area contributed by atoms with Gasteiger partial charge in [-0.2, -0.15) is 0 Å². The molecule has 148 valence electrons. The second-order valence-corrected chi connectivity index (χ2v) is 7.18. The van der Waals surface area contributed by atoms with Crippen LogP contribution in [0.1, 0.15) is 10.4 Å². The van der Waals surface area contributed by atoms with Crippen molar-refractivity contribution < 1.29 is 91.0 Å². The number of rotatable bonds is 4. The van der Waals surface area contributed by atoms with E-state index >= 15 is 0 Å². The van der Waals surface area contributed by atoms with E-state index < -0.39 is 26.7 Å². The number of nitrogens with one attached hydrogen (secondary N) is 2. The van der Waals surface area contributed by atoms with Gasteiger partial charge in [0.15, 0.2) is 0 Å². The van der Waals surface area contributed by atoms with Crippen molar-refractivity contribution in [2.45, 2.75) is 4.90 Å². The van der Waals surface area contributed by atoms with E-state index in [2.05, 4.69) is 15.6 Å². The predicted octanol–water partition coefficient (Wildman–Crippen LogP) is 0.263. The average Bonchev–Trinajstić information content (AvgIpc) is 2.70. The van der Waals surface area contributed by atoms with Crippen molar-refractivity contribution in [3.05, 3.63) is 90.2 Å². The number of para-hydroxylation sites is 1. The van der Waals surface area contributed by atoms with E-state index in [9.17, 15) is 22.2 Å². The summed E-state index contributed by atoms with van der Waals surface area (Å²) in [6, 6.07) is 18.8. The Morgan fingerprint density at radius 2 is 1.50 bits per heavy atom. The Morgan fingerprint density at radius 3 is 2.13 bits per heavy atom. The summed E-state index contributed by atoms with van der Waals surface area (Å²) in [5.74, 6) is -1.10. The summed E-state index contributed by atoms with van der Waals surface area (Å²) in [5, 5.41) is 5.32. The number of hydrogen-bond acceptors (Lipinski definition) is 5. The largest absolute Gasteiger partial charge is 1.00 e. The molecule has 7 nitrogen and oxygen atoms in total. The first kappa shape index (κ1) is 24.8. The van der Waals surface area contributed by atoms with Crippen LogP contribution in [0.5, 0.6) is 0 Å². The molecule has 10 heteroatoms. The minimum atomic E-state index is -4.79. The molecule has 0 aliphatic heterocycles. The van der Waals surface area contributed by atoms with Crippen LogP contribution in [0, 0.1) is 5.82 Å². The van der Waals surface area contributed by atoms with Crippen LogP contribution in [0.2, 0.25) is 0 Å². The van der Waals surface area contributed by atoms with E-state index in [4.69, 9.17) is 0 Å². The van der Waals surface area contributed by atoms with Crippen LogP contribution >= 0.6 is 0 Å². The summed E-state index contributed by atoms with van der Waals surface area (Å²) in [7, 11) is -4.79. The van der Waals surface area contributed by atoms with Crippen LogP contribution in [-0.4, -0.2) is 24.8 Å². The molecule has 2 N–H and O–H groups in total. The van der Waals surface area contributed by atoms with Crippen molar-refractivity contribution in [1.29, 1.82) is 0 Å². The summed E-state index contributed by atoms with van der Waals surface area (Å²) in [6.07, 6.45) is 0. The van der Waals surface area contributed by atoms with Gasteiger partial charge in [-0.1, -0.05) is 30.3 Å². The van der Waals surface area contributed by atoms with E-state index in [-0.39, 0.29) is 80.5 Å². The van der Waals surface area contributed by atoms with Crippen molar-refractivity contribution in [1.82, 2.24) is 5.32 Å². The summed E-state index contributed by atoms with van der Waals surface area (Å²) in [4.78, 5) is 16.1. The fourth-order valence-electron chi connectivity index (χ4n) is 2.41. The van der Waals surface area contributed by atoms with E-state index in [1.54, 1.807) is 30.3 Å². The SMILES string of the molecule is O=C(NC(=Nc1ccccc1S(=O)(=O)[O-])Nc1ccc(F)cc1)c1ccccc1.[Cs+]. The van der Waals surface area contributed by atoms with Crippen LogP contribution in [0.4, 0.5) is 15.8 Å². The zero-order valence-electron chi connectivity index (χ0n) is 15.9. The molecular formula is C20H15CsFN3O4S. The van der Waals surface area contributed by atoms with Gasteiger partial charge in [0.25, 0.3) is 5.91 Å². The molecule has 30 heavy (non-hydrogen) atoms. The quantitative estimate of drug-likeness (QED) is 0.278. The summed E-state index contributed by atoms with van der Waals surface area (Å²) in [6.45, 7) is 0. The number of benzene rings is 3. The molecule has 0 bridgehead atoms. The van der Waals surface area contributed by atoms with Gasteiger partial charge < -0.3 is 9.87 Å². The molecule has 0 saturated carbocycles. The third-order valence-corrected chi connectivity index (χ3v) is 4.63. The second kappa shape index (κ2) is 11.2. The number of guanidine groups is 1. The Labute approximate surface area is 232 Å². The maximum absolute atomic E-state index is 13.2. The van der Waals surface area contributed by atoms with Gasteiger partial charge in [-0.05, 0) is 48.5 Å². The Kier molecular flexibility index (Phi) is 9.25.